The molecule has 0 spiro atoms. The van der Waals surface area contributed by atoms with Crippen LogP contribution in [0.3, 0.4) is 0 Å². The summed E-state index contributed by atoms with van der Waals surface area (Å²) >= 11 is 0. The molecule has 0 aromatic rings. The summed E-state index contributed by atoms with van der Waals surface area (Å²) in [4.78, 5) is 0. The maximum absolute atomic E-state index is 11.1. The van der Waals surface area contributed by atoms with Gasteiger partial charge < -0.3 is 60.5 Å². The highest BCUT2D eigenvalue weighted by atomic mass is 16.7. The van der Waals surface area contributed by atoms with Gasteiger partial charge in [-0.3, -0.25) is 0 Å². The molecule has 1 aliphatic rings. The molecule has 0 aromatic heterocycles. The summed E-state index contributed by atoms with van der Waals surface area (Å²) in [7, 11) is 0. The van der Waals surface area contributed by atoms with Gasteiger partial charge in [-0.2, -0.15) is 0 Å². The van der Waals surface area contributed by atoms with Gasteiger partial charge in [-0.05, 0) is 210 Å². The molecule has 0 amide bonds. The SMILES string of the molecule is CC(C)=CCCC(C)(O)CCCC(C)(O)CCCC(C)(O)CCCC(C)(O)CCCC(C)(O)CCCC(C)(O)CCCC(C)=CCCC(C)=CCO[C@@H]1O[C@H](CO)[C@@H](O)[C@H](O)[C@H]1O. The van der Waals surface area contributed by atoms with Gasteiger partial charge in [0, 0.05) is 0 Å². The van der Waals surface area contributed by atoms with E-state index in [0.717, 1.165) is 44.1 Å². The summed E-state index contributed by atoms with van der Waals surface area (Å²) < 4.78 is 10.9. The fraction of sp³-hybridized carbons (Fsp3) is 0.882. The first kappa shape index (κ1) is 59.8. The highest BCUT2D eigenvalue weighted by Gasteiger charge is 2.44. The summed E-state index contributed by atoms with van der Waals surface area (Å²) in [6, 6.07) is 0. The minimum absolute atomic E-state index is 0.150. The molecule has 1 saturated heterocycles. The van der Waals surface area contributed by atoms with Crippen molar-refractivity contribution < 1.29 is 60.5 Å². The molecule has 1 rings (SSSR count). The Morgan fingerprint density at radius 1 is 0.460 bits per heavy atom. The average Bonchev–Trinajstić information content (AvgIpc) is 3.13. The molecular formula is C51H96O12. The summed E-state index contributed by atoms with van der Waals surface area (Å²) in [5.74, 6) is 0. The molecule has 12 nitrogen and oxygen atoms in total. The van der Waals surface area contributed by atoms with E-state index >= 15 is 0 Å². The summed E-state index contributed by atoms with van der Waals surface area (Å²) in [5.41, 5.74) is -1.50. The maximum atomic E-state index is 11.1. The van der Waals surface area contributed by atoms with Gasteiger partial charge in [0.1, 0.15) is 24.4 Å². The van der Waals surface area contributed by atoms with Crippen molar-refractivity contribution in [3.05, 3.63) is 34.9 Å². The van der Waals surface area contributed by atoms with Crippen LogP contribution in [0.4, 0.5) is 0 Å². The molecule has 12 heteroatoms. The van der Waals surface area contributed by atoms with E-state index in [4.69, 9.17) is 9.47 Å². The van der Waals surface area contributed by atoms with Crippen LogP contribution in [0.25, 0.3) is 0 Å². The van der Waals surface area contributed by atoms with E-state index in [-0.39, 0.29) is 6.61 Å². The van der Waals surface area contributed by atoms with Crippen molar-refractivity contribution in [2.75, 3.05) is 13.2 Å². The minimum Gasteiger partial charge on any atom is -0.394 e. The number of rotatable bonds is 34. The molecular weight excluding hydrogens is 805 g/mol. The Labute approximate surface area is 382 Å². The van der Waals surface area contributed by atoms with Crippen LogP contribution in [0.2, 0.25) is 0 Å². The molecule has 0 aliphatic carbocycles. The lowest BCUT2D eigenvalue weighted by Gasteiger charge is -2.39. The van der Waals surface area contributed by atoms with E-state index < -0.39 is 70.9 Å². The van der Waals surface area contributed by atoms with Crippen molar-refractivity contribution in [1.82, 2.24) is 0 Å². The van der Waals surface area contributed by atoms with Gasteiger partial charge in [-0.1, -0.05) is 34.9 Å². The lowest BCUT2D eigenvalue weighted by Crippen LogP contribution is -2.59. The summed E-state index contributed by atoms with van der Waals surface area (Å²) in [6.45, 7) is 18.9. The third kappa shape index (κ3) is 27.9. The van der Waals surface area contributed by atoms with Gasteiger partial charge in [0.2, 0.25) is 0 Å². The topological polar surface area (TPSA) is 221 Å². The average molecular weight is 901 g/mol. The first-order valence-electron chi connectivity index (χ1n) is 24.2. The first-order chi connectivity index (χ1) is 29.0. The largest absolute Gasteiger partial charge is 0.394 e. The fourth-order valence-electron chi connectivity index (χ4n) is 8.66. The Morgan fingerprint density at radius 3 is 1.21 bits per heavy atom. The van der Waals surface area contributed by atoms with Gasteiger partial charge in [-0.15, -0.1) is 0 Å². The molecule has 1 fully saturated rings. The van der Waals surface area contributed by atoms with E-state index in [9.17, 15) is 51.1 Å². The number of hydrogen-bond donors (Lipinski definition) is 10. The van der Waals surface area contributed by atoms with Crippen molar-refractivity contribution >= 4 is 0 Å². The lowest BCUT2D eigenvalue weighted by molar-refractivity contribution is -0.298. The predicted octanol–water partition coefficient (Wildman–Crippen LogP) is 7.75. The number of aliphatic hydroxyl groups excluding tert-OH is 4. The lowest BCUT2D eigenvalue weighted by atomic mass is 9.83. The normalized spacial score (nSPS) is 25.9. The molecule has 372 valence electrons. The van der Waals surface area contributed by atoms with Crippen LogP contribution in [0.5, 0.6) is 0 Å². The van der Waals surface area contributed by atoms with E-state index in [0.29, 0.717) is 103 Å². The number of hydrogen-bond acceptors (Lipinski definition) is 12. The van der Waals surface area contributed by atoms with Gasteiger partial charge in [0.15, 0.2) is 6.29 Å². The standard InChI is InChI=1S/C51H96O12/c1-38(2)19-12-24-46(5,56)26-14-28-48(7,58)30-16-32-50(9,60)34-18-35-51(10,61)33-17-31-49(8,59)29-15-27-47(6,57)25-13-22-39(3)20-11-21-40(4)23-36-62-45-44(55)43(54)42(53)41(37-52)63-45/h19-20,23,41-45,52-61H,11-18,21-22,24-37H2,1-10H3/t41-,42-,43+,44-,45-,46?,47?,48?,49?,50?,51?/m1/s1. The molecule has 1 heterocycles. The Balaban J connectivity index is 2.29. The highest BCUT2D eigenvalue weighted by Crippen LogP contribution is 2.32. The second-order valence-corrected chi connectivity index (χ2v) is 21.6. The van der Waals surface area contributed by atoms with Crippen LogP contribution in [0, 0.1) is 0 Å². The molecule has 11 atom stereocenters. The van der Waals surface area contributed by atoms with Crippen LogP contribution < -0.4 is 0 Å². The van der Waals surface area contributed by atoms with Crippen molar-refractivity contribution in [3.63, 3.8) is 0 Å². The molecule has 0 bridgehead atoms. The van der Waals surface area contributed by atoms with Gasteiger partial charge in [0.05, 0.1) is 46.8 Å². The Bertz CT molecular complexity index is 1340. The monoisotopic (exact) mass is 901 g/mol. The molecule has 63 heavy (non-hydrogen) atoms. The van der Waals surface area contributed by atoms with Crippen molar-refractivity contribution in [3.8, 4) is 0 Å². The minimum atomic E-state index is -1.47. The van der Waals surface area contributed by atoms with Crippen LogP contribution in [-0.2, 0) is 9.47 Å². The fourth-order valence-corrected chi connectivity index (χ4v) is 8.66. The summed E-state index contributed by atoms with van der Waals surface area (Å²) in [5, 5.41) is 105. The summed E-state index contributed by atoms with van der Waals surface area (Å²) in [6.07, 6.45) is 14.6. The third-order valence-corrected chi connectivity index (χ3v) is 13.2. The number of aliphatic hydroxyl groups is 10. The van der Waals surface area contributed by atoms with E-state index in [1.54, 1.807) is 0 Å². The van der Waals surface area contributed by atoms with E-state index in [1.807, 2.05) is 54.5 Å². The Morgan fingerprint density at radius 2 is 0.825 bits per heavy atom. The van der Waals surface area contributed by atoms with Gasteiger partial charge in [-0.25, -0.2) is 0 Å². The molecule has 0 aromatic carbocycles. The molecule has 10 N–H and O–H groups in total. The zero-order chi connectivity index (χ0) is 48.1. The van der Waals surface area contributed by atoms with Crippen molar-refractivity contribution in [2.24, 2.45) is 0 Å². The second-order valence-electron chi connectivity index (χ2n) is 21.6. The quantitative estimate of drug-likeness (QED) is 0.0280. The second kappa shape index (κ2) is 28.2. The zero-order valence-corrected chi connectivity index (χ0v) is 41.4. The van der Waals surface area contributed by atoms with Gasteiger partial charge >= 0.3 is 0 Å². The van der Waals surface area contributed by atoms with E-state index in [2.05, 4.69) is 32.9 Å². The number of ether oxygens (including phenoxy) is 2. The number of allylic oxidation sites excluding steroid dienone is 5. The smallest absolute Gasteiger partial charge is 0.187 e. The molecule has 0 saturated carbocycles. The maximum Gasteiger partial charge on any atom is 0.187 e. The van der Waals surface area contributed by atoms with Crippen molar-refractivity contribution in [1.29, 1.82) is 0 Å². The van der Waals surface area contributed by atoms with Crippen LogP contribution in [0.1, 0.15) is 210 Å². The Kier molecular flexibility index (Phi) is 26.7. The molecule has 1 aliphatic heterocycles. The van der Waals surface area contributed by atoms with E-state index in [1.165, 1.54) is 11.1 Å². The van der Waals surface area contributed by atoms with Crippen LogP contribution in [0.15, 0.2) is 34.9 Å². The molecule has 6 unspecified atom stereocenters. The van der Waals surface area contributed by atoms with Gasteiger partial charge in [0.25, 0.3) is 0 Å². The van der Waals surface area contributed by atoms with Crippen molar-refractivity contribution in [2.45, 2.75) is 275 Å². The van der Waals surface area contributed by atoms with Crippen LogP contribution >= 0.6 is 0 Å². The molecule has 0 radical (unpaired) electrons. The predicted molar refractivity (Wildman–Crippen MR) is 252 cm³/mol. The van der Waals surface area contributed by atoms with Crippen LogP contribution in [-0.4, -0.2) is 129 Å². The Hall–Kier alpha value is -1.26. The zero-order valence-electron chi connectivity index (χ0n) is 41.4. The first-order valence-corrected chi connectivity index (χ1v) is 24.2. The highest BCUT2D eigenvalue weighted by molar-refractivity contribution is 5.04. The third-order valence-electron chi connectivity index (χ3n) is 13.2.